The number of rotatable bonds is 5. The van der Waals surface area contributed by atoms with E-state index >= 15 is 0 Å². The number of hydrogen-bond donors (Lipinski definition) is 0. The van der Waals surface area contributed by atoms with Crippen molar-refractivity contribution in [2.75, 3.05) is 0 Å². The van der Waals surface area contributed by atoms with Gasteiger partial charge in [0.25, 0.3) is 0 Å². The van der Waals surface area contributed by atoms with Crippen LogP contribution in [0, 0.1) is 35.5 Å². The predicted octanol–water partition coefficient (Wildman–Crippen LogP) is 15.2. The normalized spacial score (nSPS) is 29.9. The van der Waals surface area contributed by atoms with E-state index in [1.165, 1.54) is 137 Å². The first-order valence-corrected chi connectivity index (χ1v) is 24.4. The zero-order valence-electron chi connectivity index (χ0n) is 36.8. The van der Waals surface area contributed by atoms with Crippen LogP contribution in [0.4, 0.5) is 0 Å². The Morgan fingerprint density at radius 2 is 0.806 bits per heavy atom. The summed E-state index contributed by atoms with van der Waals surface area (Å²) in [7, 11) is 0. The van der Waals surface area contributed by atoms with E-state index in [1.807, 2.05) is 0 Å². The fraction of sp³-hybridized carbons (Fsp3) is 0.407. The minimum atomic E-state index is 0.0864. The molecular weight excluding hydrogens is 751 g/mol. The molecule has 8 aliphatic rings. The minimum Gasteiger partial charge on any atom is -0.294 e. The van der Waals surface area contributed by atoms with Crippen LogP contribution in [0.3, 0.4) is 0 Å². The van der Waals surface area contributed by atoms with Gasteiger partial charge in [-0.2, -0.15) is 0 Å². The van der Waals surface area contributed by atoms with Crippen LogP contribution in [0.15, 0.2) is 121 Å². The van der Waals surface area contributed by atoms with Crippen LogP contribution >= 0.6 is 0 Å². The number of benzene rings is 5. The minimum absolute atomic E-state index is 0.0864. The molecule has 8 saturated carbocycles. The van der Waals surface area contributed by atoms with Gasteiger partial charge in [0.15, 0.2) is 0 Å². The van der Waals surface area contributed by atoms with Crippen molar-refractivity contribution in [1.29, 1.82) is 0 Å². The van der Waals surface area contributed by atoms with Crippen LogP contribution in [0.1, 0.15) is 115 Å². The number of pyridine rings is 1. The molecule has 0 N–H and O–H groups in total. The smallest absolute Gasteiger partial charge is 0.140 e. The highest BCUT2D eigenvalue weighted by atomic mass is 15.1. The first-order valence-electron chi connectivity index (χ1n) is 24.4. The highest BCUT2D eigenvalue weighted by molar-refractivity contribution is 6.10. The predicted molar refractivity (Wildman–Crippen MR) is 257 cm³/mol. The molecule has 16 rings (SSSR count). The summed E-state index contributed by atoms with van der Waals surface area (Å²) in [5.41, 5.74) is 12.7. The Morgan fingerprint density at radius 1 is 0.419 bits per heavy atom. The van der Waals surface area contributed by atoms with Crippen LogP contribution < -0.4 is 0 Å². The Bertz CT molecular complexity index is 2880. The SMILES string of the molecule is CC(C)(C)c1ccc(-c2cc(-n3c4ccccc4c4cc(C56CC7CC(CC(C7)C5)C6)ccc43)nc(-n3c4ccccc4c4cc(C56CC7CC(CC(C7)C5)C6)ccc43)c2)cc1. The van der Waals surface area contributed by atoms with Gasteiger partial charge in [0.1, 0.15) is 11.6 Å². The maximum Gasteiger partial charge on any atom is 0.140 e. The molecule has 8 bridgehead atoms. The third kappa shape index (κ3) is 5.32. The molecule has 8 aliphatic carbocycles. The average molecular weight is 810 g/mol. The molecule has 3 nitrogen and oxygen atoms in total. The average Bonchev–Trinajstić information content (AvgIpc) is 3.77. The molecule has 8 aromatic rings. The second kappa shape index (κ2) is 12.7. The van der Waals surface area contributed by atoms with E-state index in [9.17, 15) is 0 Å². The molecule has 0 saturated heterocycles. The lowest BCUT2D eigenvalue weighted by molar-refractivity contribution is -0.00524. The Hall–Kier alpha value is -5.15. The number of fused-ring (bicyclic) bond motifs is 6. The lowest BCUT2D eigenvalue weighted by Gasteiger charge is -2.57. The first kappa shape index (κ1) is 36.3. The van der Waals surface area contributed by atoms with Gasteiger partial charge in [-0.25, -0.2) is 4.98 Å². The number of para-hydroxylation sites is 2. The summed E-state index contributed by atoms with van der Waals surface area (Å²) in [5.74, 6) is 7.48. The van der Waals surface area contributed by atoms with Gasteiger partial charge in [0.2, 0.25) is 0 Å². The topological polar surface area (TPSA) is 22.8 Å². The van der Waals surface area contributed by atoms with Crippen LogP contribution in [0.5, 0.6) is 0 Å². The molecule has 3 aromatic heterocycles. The van der Waals surface area contributed by atoms with Crippen molar-refractivity contribution in [2.24, 2.45) is 35.5 Å². The largest absolute Gasteiger partial charge is 0.294 e. The molecule has 0 radical (unpaired) electrons. The van der Waals surface area contributed by atoms with E-state index in [0.29, 0.717) is 10.8 Å². The third-order valence-electron chi connectivity index (χ3n) is 18.0. The Balaban J connectivity index is 0.974. The van der Waals surface area contributed by atoms with Crippen molar-refractivity contribution in [3.05, 3.63) is 138 Å². The zero-order chi connectivity index (χ0) is 41.1. The third-order valence-corrected chi connectivity index (χ3v) is 18.0. The number of aromatic nitrogens is 3. The summed E-state index contributed by atoms with van der Waals surface area (Å²) in [5, 5.41) is 5.38. The second-order valence-corrected chi connectivity index (χ2v) is 23.0. The molecule has 0 amide bonds. The highest BCUT2D eigenvalue weighted by Crippen LogP contribution is 2.62. The molecule has 0 aliphatic heterocycles. The van der Waals surface area contributed by atoms with E-state index in [2.05, 4.69) is 151 Å². The Labute approximate surface area is 366 Å². The zero-order valence-corrected chi connectivity index (χ0v) is 36.8. The highest BCUT2D eigenvalue weighted by Gasteiger charge is 2.53. The van der Waals surface area contributed by atoms with E-state index in [-0.39, 0.29) is 5.41 Å². The molecule has 0 spiro atoms. The van der Waals surface area contributed by atoms with E-state index in [0.717, 1.165) is 47.1 Å². The van der Waals surface area contributed by atoms with Gasteiger partial charge in [-0.15, -0.1) is 0 Å². The van der Waals surface area contributed by atoms with Crippen LogP contribution in [0.2, 0.25) is 0 Å². The molecule has 0 unspecified atom stereocenters. The lowest BCUT2D eigenvalue weighted by Crippen LogP contribution is -2.48. The molecule has 5 aromatic carbocycles. The summed E-state index contributed by atoms with van der Waals surface area (Å²) >= 11 is 0. The molecule has 3 heterocycles. The van der Waals surface area contributed by atoms with Gasteiger partial charge in [-0.3, -0.25) is 9.13 Å². The summed E-state index contributed by atoms with van der Waals surface area (Å²) < 4.78 is 4.95. The second-order valence-electron chi connectivity index (χ2n) is 23.0. The number of hydrogen-bond acceptors (Lipinski definition) is 1. The molecular formula is C59H59N3. The maximum atomic E-state index is 5.78. The van der Waals surface area contributed by atoms with Gasteiger partial charge < -0.3 is 0 Å². The molecule has 0 atom stereocenters. The monoisotopic (exact) mass is 809 g/mol. The van der Waals surface area contributed by atoms with Crippen molar-refractivity contribution in [3.63, 3.8) is 0 Å². The quantitative estimate of drug-likeness (QED) is 0.170. The van der Waals surface area contributed by atoms with Crippen molar-refractivity contribution < 1.29 is 0 Å². The lowest BCUT2D eigenvalue weighted by atomic mass is 9.48. The fourth-order valence-corrected chi connectivity index (χ4v) is 16.1. The van der Waals surface area contributed by atoms with Gasteiger partial charge in [-0.05, 0) is 205 Å². The summed E-state index contributed by atoms with van der Waals surface area (Å²) in [6.07, 6.45) is 17.1. The van der Waals surface area contributed by atoms with Gasteiger partial charge in [0, 0.05) is 21.5 Å². The maximum absolute atomic E-state index is 5.78. The summed E-state index contributed by atoms with van der Waals surface area (Å²) in [4.78, 5) is 5.78. The Kier molecular flexibility index (Phi) is 7.47. The van der Waals surface area contributed by atoms with Crippen LogP contribution in [0.25, 0.3) is 66.4 Å². The molecule has 8 fully saturated rings. The van der Waals surface area contributed by atoms with E-state index < -0.39 is 0 Å². The van der Waals surface area contributed by atoms with Gasteiger partial charge in [-0.1, -0.05) is 93.6 Å². The fourth-order valence-electron chi connectivity index (χ4n) is 16.1. The molecule has 3 heteroatoms. The van der Waals surface area contributed by atoms with Crippen molar-refractivity contribution >= 4 is 43.6 Å². The summed E-state index contributed by atoms with van der Waals surface area (Å²) in [6, 6.07) is 47.4. The standard InChI is InChI=1S/C59H59N3/c1-57(2,3)44-14-12-42(13-15-44)43-26-55(61-51-10-6-4-8-47(51)49-28-45(16-18-53(49)61)58-30-36-20-37(31-58)22-38(21-36)32-58)60-56(27-43)62-52-11-7-5-9-48(52)50-29-46(17-19-54(50)62)59-33-39-23-40(34-59)25-41(24-39)35-59/h4-19,26-29,36-41H,20-25,30-35H2,1-3H3. The molecule has 310 valence electrons. The van der Waals surface area contributed by atoms with Gasteiger partial charge in [0.05, 0.1) is 22.1 Å². The van der Waals surface area contributed by atoms with E-state index in [4.69, 9.17) is 4.98 Å². The summed E-state index contributed by atoms with van der Waals surface area (Å²) in [6.45, 7) is 6.91. The number of nitrogens with zero attached hydrogens (tertiary/aromatic N) is 3. The van der Waals surface area contributed by atoms with Crippen molar-refractivity contribution in [1.82, 2.24) is 14.1 Å². The van der Waals surface area contributed by atoms with Gasteiger partial charge >= 0.3 is 0 Å². The van der Waals surface area contributed by atoms with Crippen molar-refractivity contribution in [3.8, 4) is 22.8 Å². The van der Waals surface area contributed by atoms with Crippen LogP contribution in [-0.2, 0) is 16.2 Å². The first-order chi connectivity index (χ1) is 30.2. The molecule has 62 heavy (non-hydrogen) atoms. The van der Waals surface area contributed by atoms with Crippen LogP contribution in [-0.4, -0.2) is 14.1 Å². The Morgan fingerprint density at radius 3 is 1.21 bits per heavy atom. The van der Waals surface area contributed by atoms with E-state index in [1.54, 1.807) is 11.1 Å². The van der Waals surface area contributed by atoms with Crippen molar-refractivity contribution in [2.45, 2.75) is 114 Å².